The molecule has 2 aliphatic heterocycles. The Bertz CT molecular complexity index is 544. The van der Waals surface area contributed by atoms with E-state index in [4.69, 9.17) is 0 Å². The van der Waals surface area contributed by atoms with Gasteiger partial charge in [-0.25, -0.2) is 4.79 Å². The van der Waals surface area contributed by atoms with Crippen molar-refractivity contribution in [2.24, 2.45) is 5.92 Å². The fourth-order valence-corrected chi connectivity index (χ4v) is 2.87. The molecular formula is C15H19N3O3. The number of imide groups is 1. The zero-order chi connectivity index (χ0) is 14.8. The van der Waals surface area contributed by atoms with Crippen molar-refractivity contribution in [1.29, 1.82) is 0 Å². The van der Waals surface area contributed by atoms with Gasteiger partial charge in [-0.15, -0.1) is 0 Å². The summed E-state index contributed by atoms with van der Waals surface area (Å²) in [6, 6.07) is 7.41. The Morgan fingerprint density at radius 2 is 1.86 bits per heavy atom. The van der Waals surface area contributed by atoms with Gasteiger partial charge >= 0.3 is 6.03 Å². The Morgan fingerprint density at radius 1 is 1.14 bits per heavy atom. The van der Waals surface area contributed by atoms with Gasteiger partial charge in [0.15, 0.2) is 0 Å². The van der Waals surface area contributed by atoms with Crippen molar-refractivity contribution in [3.63, 3.8) is 0 Å². The highest BCUT2D eigenvalue weighted by atomic mass is 16.3. The van der Waals surface area contributed by atoms with Crippen LogP contribution in [0, 0.1) is 5.92 Å². The van der Waals surface area contributed by atoms with Gasteiger partial charge in [-0.1, -0.05) is 0 Å². The first-order valence-electron chi connectivity index (χ1n) is 7.24. The van der Waals surface area contributed by atoms with Crippen molar-refractivity contribution in [2.75, 3.05) is 36.0 Å². The average molecular weight is 289 g/mol. The van der Waals surface area contributed by atoms with Gasteiger partial charge in [-0.2, -0.15) is 0 Å². The zero-order valence-corrected chi connectivity index (χ0v) is 11.8. The molecule has 1 unspecified atom stereocenters. The molecule has 6 nitrogen and oxygen atoms in total. The number of carbonyl (C=O) groups excluding carboxylic acids is 2. The lowest BCUT2D eigenvalue weighted by Gasteiger charge is -2.27. The van der Waals surface area contributed by atoms with Gasteiger partial charge in [-0.3, -0.25) is 15.0 Å². The number of hydrogen-bond donors (Lipinski definition) is 2. The summed E-state index contributed by atoms with van der Waals surface area (Å²) in [5.41, 5.74) is 1.89. The second-order valence-electron chi connectivity index (χ2n) is 5.55. The lowest BCUT2D eigenvalue weighted by atomic mass is 10.1. The van der Waals surface area contributed by atoms with Crippen molar-refractivity contribution >= 4 is 23.3 Å². The molecule has 1 aromatic rings. The van der Waals surface area contributed by atoms with Crippen LogP contribution in [0.1, 0.15) is 12.8 Å². The van der Waals surface area contributed by atoms with Crippen LogP contribution in [0.15, 0.2) is 24.3 Å². The number of nitrogens with zero attached hydrogens (tertiary/aromatic N) is 2. The second-order valence-corrected chi connectivity index (χ2v) is 5.55. The smallest absolute Gasteiger partial charge is 0.328 e. The quantitative estimate of drug-likeness (QED) is 0.869. The average Bonchev–Trinajstić information content (AvgIpc) is 2.96. The summed E-state index contributed by atoms with van der Waals surface area (Å²) in [7, 11) is 0. The fraction of sp³-hybridized carbons (Fsp3) is 0.467. The number of aliphatic hydroxyl groups excluding tert-OH is 1. The molecule has 2 heterocycles. The van der Waals surface area contributed by atoms with Gasteiger partial charge in [0.05, 0.1) is 0 Å². The number of benzene rings is 1. The number of amides is 3. The van der Waals surface area contributed by atoms with E-state index < -0.39 is 0 Å². The molecule has 3 rings (SSSR count). The highest BCUT2D eigenvalue weighted by molar-refractivity contribution is 6.05. The van der Waals surface area contributed by atoms with Gasteiger partial charge in [0.1, 0.15) is 0 Å². The summed E-state index contributed by atoms with van der Waals surface area (Å²) in [6.45, 7) is 2.47. The minimum Gasteiger partial charge on any atom is -0.396 e. The number of rotatable bonds is 3. The Morgan fingerprint density at radius 3 is 2.48 bits per heavy atom. The first-order valence-corrected chi connectivity index (χ1v) is 7.24. The molecule has 0 spiro atoms. The van der Waals surface area contributed by atoms with Gasteiger partial charge in [-0.05, 0) is 30.7 Å². The molecule has 0 radical (unpaired) electrons. The number of nitrogens with one attached hydrogen (secondary N) is 1. The van der Waals surface area contributed by atoms with Crippen LogP contribution in [-0.2, 0) is 4.79 Å². The topological polar surface area (TPSA) is 72.9 Å². The summed E-state index contributed by atoms with van der Waals surface area (Å²) in [4.78, 5) is 26.8. The molecule has 0 aromatic heterocycles. The van der Waals surface area contributed by atoms with Gasteiger partial charge in [0.2, 0.25) is 5.91 Å². The third-order valence-electron chi connectivity index (χ3n) is 4.12. The third-order valence-corrected chi connectivity index (χ3v) is 4.12. The molecule has 2 aliphatic rings. The van der Waals surface area contributed by atoms with E-state index in [0.29, 0.717) is 18.9 Å². The minimum atomic E-state index is -0.361. The molecule has 3 amide bonds. The van der Waals surface area contributed by atoms with Crippen LogP contribution in [0.25, 0.3) is 0 Å². The third kappa shape index (κ3) is 2.85. The van der Waals surface area contributed by atoms with Crippen LogP contribution in [0.2, 0.25) is 0 Å². The molecule has 2 fully saturated rings. The summed E-state index contributed by atoms with van der Waals surface area (Å²) >= 11 is 0. The molecule has 2 saturated heterocycles. The Labute approximate surface area is 123 Å². The largest absolute Gasteiger partial charge is 0.396 e. The molecule has 0 bridgehead atoms. The molecule has 2 N–H and O–H groups in total. The number of anilines is 2. The first-order chi connectivity index (χ1) is 10.2. The summed E-state index contributed by atoms with van der Waals surface area (Å²) < 4.78 is 0. The SMILES string of the molecule is O=C1CCN(c2ccc(N3CCC(CO)C3)cc2)C(=O)N1. The maximum Gasteiger partial charge on any atom is 0.328 e. The van der Waals surface area contributed by atoms with E-state index in [2.05, 4.69) is 10.2 Å². The van der Waals surface area contributed by atoms with E-state index in [-0.39, 0.29) is 18.5 Å². The summed E-state index contributed by atoms with van der Waals surface area (Å²) in [5.74, 6) is 0.128. The van der Waals surface area contributed by atoms with Crippen molar-refractivity contribution in [1.82, 2.24) is 5.32 Å². The van der Waals surface area contributed by atoms with Crippen molar-refractivity contribution in [2.45, 2.75) is 12.8 Å². The maximum absolute atomic E-state index is 11.8. The molecule has 6 heteroatoms. The standard InChI is InChI=1S/C15H19N3O3/c19-10-11-5-7-17(9-11)12-1-3-13(4-2-12)18-8-6-14(20)16-15(18)21/h1-4,11,19H,5-10H2,(H,16,20,21). The van der Waals surface area contributed by atoms with Crippen LogP contribution in [0.3, 0.4) is 0 Å². The lowest BCUT2D eigenvalue weighted by Crippen LogP contribution is -2.49. The summed E-state index contributed by atoms with van der Waals surface area (Å²) in [6.07, 6.45) is 1.34. The van der Waals surface area contributed by atoms with E-state index >= 15 is 0 Å². The lowest BCUT2D eigenvalue weighted by molar-refractivity contribution is -0.120. The van der Waals surface area contributed by atoms with Crippen LogP contribution >= 0.6 is 0 Å². The maximum atomic E-state index is 11.8. The highest BCUT2D eigenvalue weighted by Gasteiger charge is 2.25. The molecule has 21 heavy (non-hydrogen) atoms. The highest BCUT2D eigenvalue weighted by Crippen LogP contribution is 2.26. The summed E-state index contributed by atoms with van der Waals surface area (Å²) in [5, 5.41) is 11.5. The predicted octanol–water partition coefficient (Wildman–Crippen LogP) is 0.952. The van der Waals surface area contributed by atoms with Gasteiger partial charge in [0.25, 0.3) is 0 Å². The van der Waals surface area contributed by atoms with Crippen LogP contribution in [-0.4, -0.2) is 43.3 Å². The van der Waals surface area contributed by atoms with Gasteiger partial charge < -0.3 is 10.0 Å². The van der Waals surface area contributed by atoms with Gasteiger partial charge in [0, 0.05) is 50.0 Å². The van der Waals surface area contributed by atoms with Crippen molar-refractivity contribution < 1.29 is 14.7 Å². The van der Waals surface area contributed by atoms with E-state index in [1.807, 2.05) is 24.3 Å². The monoisotopic (exact) mass is 289 g/mol. The Balaban J connectivity index is 1.70. The van der Waals surface area contributed by atoms with E-state index in [0.717, 1.165) is 30.9 Å². The number of aliphatic hydroxyl groups is 1. The van der Waals surface area contributed by atoms with Crippen molar-refractivity contribution in [3.8, 4) is 0 Å². The fourth-order valence-electron chi connectivity index (χ4n) is 2.87. The van der Waals surface area contributed by atoms with Crippen LogP contribution < -0.4 is 15.1 Å². The minimum absolute atomic E-state index is 0.222. The van der Waals surface area contributed by atoms with E-state index in [9.17, 15) is 14.7 Å². The number of urea groups is 1. The predicted molar refractivity (Wildman–Crippen MR) is 79.3 cm³/mol. The molecule has 112 valence electrons. The van der Waals surface area contributed by atoms with Crippen molar-refractivity contribution in [3.05, 3.63) is 24.3 Å². The number of hydrogen-bond acceptors (Lipinski definition) is 4. The molecule has 0 aliphatic carbocycles. The van der Waals surface area contributed by atoms with E-state index in [1.165, 1.54) is 0 Å². The Hall–Kier alpha value is -2.08. The molecule has 1 aromatic carbocycles. The molecule has 1 atom stereocenters. The first kappa shape index (κ1) is 13.9. The molecule has 0 saturated carbocycles. The Kier molecular flexibility index (Phi) is 3.79. The zero-order valence-electron chi connectivity index (χ0n) is 11.8. The van der Waals surface area contributed by atoms with E-state index in [1.54, 1.807) is 4.90 Å². The van der Waals surface area contributed by atoms with Crippen LogP contribution in [0.4, 0.5) is 16.2 Å². The molecular weight excluding hydrogens is 270 g/mol. The second kappa shape index (κ2) is 5.73. The normalized spacial score (nSPS) is 22.6. The number of carbonyl (C=O) groups is 2. The van der Waals surface area contributed by atoms with Crippen LogP contribution in [0.5, 0.6) is 0 Å².